The van der Waals surface area contributed by atoms with Crippen molar-refractivity contribution < 1.29 is 27.2 Å². The van der Waals surface area contributed by atoms with Gasteiger partial charge in [-0.2, -0.15) is 0 Å². The normalized spacial score (nSPS) is 13.2. The molecule has 0 aliphatic carbocycles. The summed E-state index contributed by atoms with van der Waals surface area (Å²) >= 11 is 0. The molecule has 1 atom stereocenters. The number of hydrogen-bond acceptors (Lipinski definition) is 5. The predicted molar refractivity (Wildman–Crippen MR) is 84.5 cm³/mol. The Morgan fingerprint density at radius 3 is 2.33 bits per heavy atom. The summed E-state index contributed by atoms with van der Waals surface area (Å²) in [4.78, 5) is 11.6. The molecular weight excluding hydrogens is 339 g/mol. The molecule has 0 unspecified atom stereocenters. The van der Waals surface area contributed by atoms with Crippen LogP contribution in [0, 0.1) is 5.82 Å². The fraction of sp³-hybridized carbons (Fsp3) is 0.333. The van der Waals surface area contributed by atoms with E-state index >= 15 is 0 Å². The number of halogens is 1. The number of nitrogens with zero attached hydrogens (tertiary/aromatic N) is 1. The van der Waals surface area contributed by atoms with Gasteiger partial charge in [0.05, 0.1) is 11.3 Å². The minimum Gasteiger partial charge on any atom is -0.477 e. The highest BCUT2D eigenvalue weighted by Crippen LogP contribution is 2.29. The first-order valence-electron chi connectivity index (χ1n) is 7.13. The Labute approximate surface area is 138 Å². The van der Waals surface area contributed by atoms with Crippen molar-refractivity contribution in [3.8, 4) is 11.3 Å². The van der Waals surface area contributed by atoms with Crippen LogP contribution in [-0.2, 0) is 10.0 Å². The van der Waals surface area contributed by atoms with Gasteiger partial charge in [-0.1, -0.05) is 5.16 Å². The molecule has 0 spiro atoms. The van der Waals surface area contributed by atoms with Gasteiger partial charge in [-0.3, -0.25) is 0 Å². The molecule has 1 heterocycles. The molecule has 130 valence electrons. The van der Waals surface area contributed by atoms with Crippen molar-refractivity contribution in [3.63, 3.8) is 0 Å². The van der Waals surface area contributed by atoms with Crippen LogP contribution in [0.1, 0.15) is 42.9 Å². The van der Waals surface area contributed by atoms with Gasteiger partial charge in [-0.05, 0) is 45.0 Å². The van der Waals surface area contributed by atoms with Crippen molar-refractivity contribution in [2.75, 3.05) is 0 Å². The van der Waals surface area contributed by atoms with Gasteiger partial charge in [0.1, 0.15) is 17.1 Å². The van der Waals surface area contributed by atoms with Gasteiger partial charge in [0, 0.05) is 5.56 Å². The van der Waals surface area contributed by atoms with Crippen LogP contribution in [0.25, 0.3) is 11.3 Å². The average Bonchev–Trinajstić information content (AvgIpc) is 2.92. The maximum absolute atomic E-state index is 13.0. The van der Waals surface area contributed by atoms with E-state index < -0.39 is 33.1 Å². The lowest BCUT2D eigenvalue weighted by Gasteiger charge is -2.14. The van der Waals surface area contributed by atoms with Gasteiger partial charge in [0.25, 0.3) is 0 Å². The molecule has 0 bridgehead atoms. The molecule has 1 aromatic heterocycles. The van der Waals surface area contributed by atoms with Crippen molar-refractivity contribution in [2.24, 2.45) is 0 Å². The zero-order valence-electron chi connectivity index (χ0n) is 13.3. The summed E-state index contributed by atoms with van der Waals surface area (Å²) in [6.45, 7) is 4.45. The fourth-order valence-corrected chi connectivity index (χ4v) is 2.92. The highest BCUT2D eigenvalue weighted by molar-refractivity contribution is 7.90. The summed E-state index contributed by atoms with van der Waals surface area (Å²) in [6.07, 6.45) is 0. The Hall–Kier alpha value is -2.26. The number of aromatic nitrogens is 1. The highest BCUT2D eigenvalue weighted by Gasteiger charge is 2.30. The Kier molecular flexibility index (Phi) is 5.05. The van der Waals surface area contributed by atoms with Crippen LogP contribution in [-0.4, -0.2) is 29.9 Å². The summed E-state index contributed by atoms with van der Waals surface area (Å²) in [5.74, 6) is -1.91. The molecule has 0 aliphatic rings. The van der Waals surface area contributed by atoms with Crippen LogP contribution in [0.3, 0.4) is 0 Å². The summed E-state index contributed by atoms with van der Waals surface area (Å²) in [5.41, 5.74) is 0.0939. The van der Waals surface area contributed by atoms with Crippen molar-refractivity contribution in [1.82, 2.24) is 9.88 Å². The Balaban J connectivity index is 2.45. The minimum absolute atomic E-state index is 0.00750. The molecule has 7 nitrogen and oxygen atoms in total. The molecule has 2 aromatic rings. The average molecular weight is 356 g/mol. The second kappa shape index (κ2) is 6.70. The Morgan fingerprint density at radius 1 is 1.25 bits per heavy atom. The van der Waals surface area contributed by atoms with Gasteiger partial charge in [0.15, 0.2) is 5.76 Å². The SMILES string of the molecule is CC(C)S(=O)(=O)N[C@H](C)c1onc(-c2ccc(F)cc2)c1C(=O)O. The number of nitrogens with one attached hydrogen (secondary N) is 1. The number of aromatic carboxylic acids is 1. The standard InChI is InChI=1S/C15H17FN2O5S/c1-8(2)24(21,22)18-9(3)14-12(15(19)20)13(17-23-14)10-4-6-11(16)7-5-10/h4-9,18H,1-3H3,(H,19,20)/t9-/m1/s1. The highest BCUT2D eigenvalue weighted by atomic mass is 32.2. The van der Waals surface area contributed by atoms with E-state index in [1.807, 2.05) is 0 Å². The number of carbonyl (C=O) groups is 1. The summed E-state index contributed by atoms with van der Waals surface area (Å²) in [5, 5.41) is 12.5. The molecule has 2 rings (SSSR count). The maximum atomic E-state index is 13.0. The lowest BCUT2D eigenvalue weighted by Crippen LogP contribution is -2.33. The van der Waals surface area contributed by atoms with E-state index in [0.29, 0.717) is 5.56 Å². The van der Waals surface area contributed by atoms with Gasteiger partial charge >= 0.3 is 5.97 Å². The maximum Gasteiger partial charge on any atom is 0.341 e. The van der Waals surface area contributed by atoms with Gasteiger partial charge in [-0.25, -0.2) is 22.3 Å². The monoisotopic (exact) mass is 356 g/mol. The predicted octanol–water partition coefficient (Wildman–Crippen LogP) is 2.57. The lowest BCUT2D eigenvalue weighted by molar-refractivity contribution is 0.0694. The largest absolute Gasteiger partial charge is 0.477 e. The summed E-state index contributed by atoms with van der Waals surface area (Å²) in [7, 11) is -3.63. The quantitative estimate of drug-likeness (QED) is 0.823. The second-order valence-corrected chi connectivity index (χ2v) is 7.78. The van der Waals surface area contributed by atoms with E-state index in [4.69, 9.17) is 4.52 Å². The molecule has 24 heavy (non-hydrogen) atoms. The first kappa shape index (κ1) is 18.1. The molecule has 0 radical (unpaired) electrons. The smallest absolute Gasteiger partial charge is 0.341 e. The molecule has 0 fully saturated rings. The first-order valence-corrected chi connectivity index (χ1v) is 8.68. The van der Waals surface area contributed by atoms with E-state index in [-0.39, 0.29) is 17.0 Å². The summed E-state index contributed by atoms with van der Waals surface area (Å²) < 4.78 is 44.3. The van der Waals surface area contributed by atoms with E-state index in [2.05, 4.69) is 9.88 Å². The van der Waals surface area contributed by atoms with Crippen LogP contribution < -0.4 is 4.72 Å². The number of rotatable bonds is 6. The molecule has 0 saturated carbocycles. The number of benzene rings is 1. The van der Waals surface area contributed by atoms with Crippen LogP contribution in [0.2, 0.25) is 0 Å². The van der Waals surface area contributed by atoms with E-state index in [0.717, 1.165) is 0 Å². The van der Waals surface area contributed by atoms with E-state index in [9.17, 15) is 22.7 Å². The molecule has 0 amide bonds. The van der Waals surface area contributed by atoms with Crippen LogP contribution in [0.5, 0.6) is 0 Å². The van der Waals surface area contributed by atoms with Gasteiger partial charge in [-0.15, -0.1) is 0 Å². The number of sulfonamides is 1. The van der Waals surface area contributed by atoms with Crippen molar-refractivity contribution in [1.29, 1.82) is 0 Å². The molecule has 2 N–H and O–H groups in total. The molecule has 0 saturated heterocycles. The van der Waals surface area contributed by atoms with Crippen LogP contribution in [0.15, 0.2) is 28.8 Å². The zero-order chi connectivity index (χ0) is 18.1. The van der Waals surface area contributed by atoms with Crippen molar-refractivity contribution in [3.05, 3.63) is 41.4 Å². The number of carboxylic acid groups (broad SMARTS) is 1. The Morgan fingerprint density at radius 2 is 1.83 bits per heavy atom. The third-order valence-corrected chi connectivity index (χ3v) is 5.33. The van der Waals surface area contributed by atoms with Crippen molar-refractivity contribution >= 4 is 16.0 Å². The topological polar surface area (TPSA) is 110 Å². The first-order chi connectivity index (χ1) is 11.1. The third kappa shape index (κ3) is 3.62. The molecule has 0 aliphatic heterocycles. The number of carboxylic acids is 1. The minimum atomic E-state index is -3.63. The zero-order valence-corrected chi connectivity index (χ0v) is 14.1. The molecular formula is C15H17FN2O5S. The van der Waals surface area contributed by atoms with Crippen LogP contribution in [0.4, 0.5) is 4.39 Å². The van der Waals surface area contributed by atoms with Crippen molar-refractivity contribution in [2.45, 2.75) is 32.1 Å². The van der Waals surface area contributed by atoms with E-state index in [1.165, 1.54) is 45.0 Å². The van der Waals surface area contributed by atoms with Gasteiger partial charge in [0.2, 0.25) is 10.0 Å². The second-order valence-electron chi connectivity index (χ2n) is 5.52. The van der Waals surface area contributed by atoms with E-state index in [1.54, 1.807) is 0 Å². The lowest BCUT2D eigenvalue weighted by atomic mass is 10.0. The molecule has 1 aromatic carbocycles. The molecule has 9 heteroatoms. The fourth-order valence-electron chi connectivity index (χ4n) is 2.05. The number of hydrogen-bond donors (Lipinski definition) is 2. The Bertz CT molecular complexity index is 843. The summed E-state index contributed by atoms with van der Waals surface area (Å²) in [6, 6.07) is 4.14. The van der Waals surface area contributed by atoms with Gasteiger partial charge < -0.3 is 9.63 Å². The van der Waals surface area contributed by atoms with Crippen LogP contribution >= 0.6 is 0 Å². The third-order valence-electron chi connectivity index (χ3n) is 3.40.